The number of benzene rings is 2. The number of halogens is 1. The van der Waals surface area contributed by atoms with Gasteiger partial charge in [0.2, 0.25) is 0 Å². The van der Waals surface area contributed by atoms with Crippen LogP contribution in [0.3, 0.4) is 0 Å². The van der Waals surface area contributed by atoms with Gasteiger partial charge in [-0.25, -0.2) is 8.42 Å². The molecule has 2 aromatic rings. The second-order valence-electron chi connectivity index (χ2n) is 5.44. The molecule has 0 radical (unpaired) electrons. The second kappa shape index (κ2) is 5.14. The van der Waals surface area contributed by atoms with Gasteiger partial charge in [-0.05, 0) is 56.2 Å². The van der Waals surface area contributed by atoms with Crippen molar-refractivity contribution in [2.24, 2.45) is 0 Å². The molecule has 0 bridgehead atoms. The summed E-state index contributed by atoms with van der Waals surface area (Å²) in [5.41, 5.74) is 2.89. The van der Waals surface area contributed by atoms with Crippen LogP contribution in [0.15, 0.2) is 51.8 Å². The molecule has 0 fully saturated rings. The Morgan fingerprint density at radius 3 is 2.48 bits per heavy atom. The van der Waals surface area contributed by atoms with Gasteiger partial charge < -0.3 is 0 Å². The Morgan fingerprint density at radius 1 is 1.14 bits per heavy atom. The summed E-state index contributed by atoms with van der Waals surface area (Å²) in [4.78, 5) is 0.343. The van der Waals surface area contributed by atoms with E-state index in [0.29, 0.717) is 4.90 Å². The third kappa shape index (κ3) is 2.49. The first-order valence-electron chi connectivity index (χ1n) is 6.79. The molecule has 1 atom stereocenters. The van der Waals surface area contributed by atoms with Gasteiger partial charge in [-0.1, -0.05) is 33.6 Å². The Labute approximate surface area is 133 Å². The fraction of sp³-hybridized carbons (Fsp3) is 0.250. The Balaban J connectivity index is 2.10. The van der Waals surface area contributed by atoms with E-state index in [2.05, 4.69) is 15.9 Å². The maximum Gasteiger partial charge on any atom is 0.264 e. The maximum atomic E-state index is 12.9. The standard InChI is InChI=1S/C16H16BrNO2S/c1-11-3-6-15(7-4-11)21(19,20)18-12(2)9-13-10-14(17)5-8-16(13)18/h3-8,10,12H,9H2,1-2H3/t12-/m0/s1. The molecule has 0 saturated carbocycles. The zero-order chi connectivity index (χ0) is 15.2. The van der Waals surface area contributed by atoms with Crippen molar-refractivity contribution in [3.8, 4) is 0 Å². The van der Waals surface area contributed by atoms with E-state index < -0.39 is 10.0 Å². The van der Waals surface area contributed by atoms with Crippen LogP contribution in [0, 0.1) is 6.92 Å². The zero-order valence-electron chi connectivity index (χ0n) is 11.9. The minimum absolute atomic E-state index is 0.0689. The van der Waals surface area contributed by atoms with Gasteiger partial charge >= 0.3 is 0 Å². The van der Waals surface area contributed by atoms with Crippen molar-refractivity contribution in [1.29, 1.82) is 0 Å². The number of aryl methyl sites for hydroxylation is 1. The molecule has 110 valence electrons. The molecule has 0 saturated heterocycles. The van der Waals surface area contributed by atoms with Crippen molar-refractivity contribution in [3.05, 3.63) is 58.1 Å². The van der Waals surface area contributed by atoms with Crippen molar-refractivity contribution >= 4 is 31.6 Å². The van der Waals surface area contributed by atoms with E-state index in [4.69, 9.17) is 0 Å². The highest BCUT2D eigenvalue weighted by molar-refractivity contribution is 9.10. The molecule has 2 aromatic carbocycles. The van der Waals surface area contributed by atoms with Crippen LogP contribution in [-0.4, -0.2) is 14.5 Å². The average molecular weight is 366 g/mol. The lowest BCUT2D eigenvalue weighted by atomic mass is 10.1. The number of hydrogen-bond donors (Lipinski definition) is 0. The SMILES string of the molecule is Cc1ccc(S(=O)(=O)N2c3ccc(Br)cc3C[C@@H]2C)cc1. The van der Waals surface area contributed by atoms with Crippen molar-refractivity contribution in [1.82, 2.24) is 0 Å². The van der Waals surface area contributed by atoms with E-state index in [9.17, 15) is 8.42 Å². The lowest BCUT2D eigenvalue weighted by molar-refractivity contribution is 0.584. The third-order valence-electron chi connectivity index (χ3n) is 3.77. The molecule has 0 N–H and O–H groups in total. The number of fused-ring (bicyclic) bond motifs is 1. The van der Waals surface area contributed by atoms with E-state index in [1.807, 2.05) is 44.2 Å². The zero-order valence-corrected chi connectivity index (χ0v) is 14.3. The molecule has 0 aliphatic carbocycles. The summed E-state index contributed by atoms with van der Waals surface area (Å²) in [6.07, 6.45) is 0.736. The summed E-state index contributed by atoms with van der Waals surface area (Å²) in [5.74, 6) is 0. The lowest BCUT2D eigenvalue weighted by Crippen LogP contribution is -2.35. The van der Waals surface area contributed by atoms with Crippen LogP contribution in [0.1, 0.15) is 18.1 Å². The van der Waals surface area contributed by atoms with Crippen LogP contribution < -0.4 is 4.31 Å². The highest BCUT2D eigenvalue weighted by atomic mass is 79.9. The lowest BCUT2D eigenvalue weighted by Gasteiger charge is -2.24. The molecule has 1 aliphatic heterocycles. The van der Waals surface area contributed by atoms with Gasteiger partial charge in [-0.3, -0.25) is 4.31 Å². The van der Waals surface area contributed by atoms with Crippen LogP contribution in [0.4, 0.5) is 5.69 Å². The Hall–Kier alpha value is -1.33. The molecule has 21 heavy (non-hydrogen) atoms. The number of rotatable bonds is 2. The fourth-order valence-corrected chi connectivity index (χ4v) is 4.86. The predicted octanol–water partition coefficient (Wildman–Crippen LogP) is 3.90. The highest BCUT2D eigenvalue weighted by Crippen LogP contribution is 2.38. The largest absolute Gasteiger partial charge is 0.264 e. The van der Waals surface area contributed by atoms with Gasteiger partial charge in [0.05, 0.1) is 10.6 Å². The van der Waals surface area contributed by atoms with Crippen molar-refractivity contribution in [3.63, 3.8) is 0 Å². The third-order valence-corrected chi connectivity index (χ3v) is 6.21. The van der Waals surface area contributed by atoms with Crippen molar-refractivity contribution in [2.45, 2.75) is 31.2 Å². The monoisotopic (exact) mass is 365 g/mol. The number of nitrogens with zero attached hydrogens (tertiary/aromatic N) is 1. The molecular weight excluding hydrogens is 350 g/mol. The molecular formula is C16H16BrNO2S. The maximum absolute atomic E-state index is 12.9. The Bertz CT molecular complexity index is 784. The summed E-state index contributed by atoms with van der Waals surface area (Å²) >= 11 is 3.44. The van der Waals surface area contributed by atoms with Crippen LogP contribution in [0.25, 0.3) is 0 Å². The van der Waals surface area contributed by atoms with E-state index in [0.717, 1.165) is 27.7 Å². The number of anilines is 1. The normalized spacial score (nSPS) is 17.9. The van der Waals surface area contributed by atoms with Gasteiger partial charge in [-0.2, -0.15) is 0 Å². The van der Waals surface area contributed by atoms with Crippen molar-refractivity contribution in [2.75, 3.05) is 4.31 Å². The predicted molar refractivity (Wildman–Crippen MR) is 88.2 cm³/mol. The van der Waals surface area contributed by atoms with Gasteiger partial charge in [0.15, 0.2) is 0 Å². The molecule has 3 rings (SSSR count). The van der Waals surface area contributed by atoms with Gasteiger partial charge in [0, 0.05) is 10.5 Å². The summed E-state index contributed by atoms with van der Waals surface area (Å²) in [7, 11) is -3.51. The van der Waals surface area contributed by atoms with Crippen molar-refractivity contribution < 1.29 is 8.42 Å². The Kier molecular flexibility index (Phi) is 3.58. The first-order valence-corrected chi connectivity index (χ1v) is 9.02. The molecule has 3 nitrogen and oxygen atoms in total. The van der Waals surface area contributed by atoms with E-state index in [1.54, 1.807) is 16.4 Å². The van der Waals surface area contributed by atoms with Gasteiger partial charge in [0.1, 0.15) is 0 Å². The quantitative estimate of drug-likeness (QED) is 0.809. The van der Waals surface area contributed by atoms with E-state index in [1.165, 1.54) is 0 Å². The second-order valence-corrected chi connectivity index (χ2v) is 8.17. The van der Waals surface area contributed by atoms with Crippen LogP contribution in [-0.2, 0) is 16.4 Å². The summed E-state index contributed by atoms with van der Waals surface area (Å²) in [6.45, 7) is 3.89. The minimum Gasteiger partial charge on any atom is -0.263 e. The minimum atomic E-state index is -3.51. The summed E-state index contributed by atoms with van der Waals surface area (Å²) < 4.78 is 28.4. The van der Waals surface area contributed by atoms with Gasteiger partial charge in [0.25, 0.3) is 10.0 Å². The molecule has 0 unspecified atom stereocenters. The molecule has 1 heterocycles. The van der Waals surface area contributed by atoms with Crippen LogP contribution >= 0.6 is 15.9 Å². The molecule has 0 aromatic heterocycles. The average Bonchev–Trinajstić information content (AvgIpc) is 2.74. The molecule has 0 spiro atoms. The summed E-state index contributed by atoms with van der Waals surface area (Å²) in [6, 6.07) is 12.7. The molecule has 5 heteroatoms. The topological polar surface area (TPSA) is 37.4 Å². The van der Waals surface area contributed by atoms with E-state index in [-0.39, 0.29) is 6.04 Å². The Morgan fingerprint density at radius 2 is 1.81 bits per heavy atom. The highest BCUT2D eigenvalue weighted by Gasteiger charge is 2.35. The number of hydrogen-bond acceptors (Lipinski definition) is 2. The molecule has 1 aliphatic rings. The first-order chi connectivity index (χ1) is 9.89. The number of sulfonamides is 1. The molecule has 0 amide bonds. The van der Waals surface area contributed by atoms with Gasteiger partial charge in [-0.15, -0.1) is 0 Å². The van der Waals surface area contributed by atoms with Crippen LogP contribution in [0.2, 0.25) is 0 Å². The van der Waals surface area contributed by atoms with Crippen LogP contribution in [0.5, 0.6) is 0 Å². The first kappa shape index (κ1) is 14.6. The smallest absolute Gasteiger partial charge is 0.263 e. The summed E-state index contributed by atoms with van der Waals surface area (Å²) in [5, 5.41) is 0. The van der Waals surface area contributed by atoms with E-state index >= 15 is 0 Å². The fourth-order valence-electron chi connectivity index (χ4n) is 2.76.